The maximum atomic E-state index is 11.2. The minimum absolute atomic E-state index is 0.0284. The third-order valence-corrected chi connectivity index (χ3v) is 2.81. The molecule has 1 nitrogen and oxygen atoms in total. The van der Waals surface area contributed by atoms with Crippen LogP contribution in [0.1, 0.15) is 16.6 Å². The first-order valence-corrected chi connectivity index (χ1v) is 4.68. The standard InChI is InChI=1S/C8H7BrOS/c1-5(2)8(10)6-3-4-7(9)11-6/h3-4H,1H2,2H3. The van der Waals surface area contributed by atoms with Gasteiger partial charge in [-0.05, 0) is 40.6 Å². The van der Waals surface area contributed by atoms with Crippen LogP contribution in [-0.2, 0) is 0 Å². The summed E-state index contributed by atoms with van der Waals surface area (Å²) in [5.74, 6) is 0.0284. The first-order valence-electron chi connectivity index (χ1n) is 3.07. The van der Waals surface area contributed by atoms with E-state index in [0.29, 0.717) is 5.57 Å². The first kappa shape index (κ1) is 8.68. The van der Waals surface area contributed by atoms with E-state index in [1.165, 1.54) is 11.3 Å². The van der Waals surface area contributed by atoms with E-state index < -0.39 is 0 Å². The predicted molar refractivity (Wildman–Crippen MR) is 51.2 cm³/mol. The molecule has 0 amide bonds. The quantitative estimate of drug-likeness (QED) is 0.563. The van der Waals surface area contributed by atoms with Crippen molar-refractivity contribution in [3.8, 4) is 0 Å². The number of hydrogen-bond donors (Lipinski definition) is 0. The van der Waals surface area contributed by atoms with Crippen LogP contribution in [0.2, 0.25) is 0 Å². The number of Topliss-reactive ketones (excluding diaryl/α,β-unsaturated/α-hetero) is 1. The van der Waals surface area contributed by atoms with Crippen molar-refractivity contribution < 1.29 is 4.79 Å². The Bertz CT molecular complexity index is 301. The van der Waals surface area contributed by atoms with Crippen LogP contribution < -0.4 is 0 Å². The number of thiophene rings is 1. The molecule has 58 valence electrons. The van der Waals surface area contributed by atoms with Gasteiger partial charge < -0.3 is 0 Å². The van der Waals surface area contributed by atoms with Gasteiger partial charge in [0, 0.05) is 0 Å². The Hall–Kier alpha value is -0.410. The molecule has 0 aromatic carbocycles. The van der Waals surface area contributed by atoms with E-state index in [-0.39, 0.29) is 5.78 Å². The molecule has 0 aliphatic rings. The lowest BCUT2D eigenvalue weighted by molar-refractivity contribution is 0.103. The Morgan fingerprint density at radius 2 is 2.27 bits per heavy atom. The summed E-state index contributed by atoms with van der Waals surface area (Å²) in [6.07, 6.45) is 0. The lowest BCUT2D eigenvalue weighted by atomic mass is 10.2. The maximum Gasteiger partial charge on any atom is 0.198 e. The highest BCUT2D eigenvalue weighted by atomic mass is 79.9. The highest BCUT2D eigenvalue weighted by molar-refractivity contribution is 9.11. The third-order valence-electron chi connectivity index (χ3n) is 1.18. The molecule has 0 aliphatic heterocycles. The second-order valence-corrected chi connectivity index (χ2v) is 4.68. The summed E-state index contributed by atoms with van der Waals surface area (Å²) in [5, 5.41) is 0. The first-order chi connectivity index (χ1) is 5.11. The van der Waals surface area contributed by atoms with E-state index in [1.807, 2.05) is 6.07 Å². The molecule has 1 rings (SSSR count). The van der Waals surface area contributed by atoms with Crippen LogP contribution in [0.5, 0.6) is 0 Å². The van der Waals surface area contributed by atoms with Gasteiger partial charge in [-0.2, -0.15) is 0 Å². The number of rotatable bonds is 2. The van der Waals surface area contributed by atoms with Crippen molar-refractivity contribution >= 4 is 33.0 Å². The fourth-order valence-electron chi connectivity index (χ4n) is 0.647. The van der Waals surface area contributed by atoms with Gasteiger partial charge in [-0.1, -0.05) is 6.58 Å². The predicted octanol–water partition coefficient (Wildman–Crippen LogP) is 3.27. The minimum atomic E-state index is 0.0284. The van der Waals surface area contributed by atoms with Gasteiger partial charge in [-0.25, -0.2) is 0 Å². The van der Waals surface area contributed by atoms with Gasteiger partial charge in [0.25, 0.3) is 0 Å². The van der Waals surface area contributed by atoms with Crippen LogP contribution in [0.15, 0.2) is 28.1 Å². The average Bonchev–Trinajstić information content (AvgIpc) is 2.34. The Morgan fingerprint density at radius 3 is 2.64 bits per heavy atom. The van der Waals surface area contributed by atoms with Crippen LogP contribution >= 0.6 is 27.3 Å². The molecule has 0 saturated heterocycles. The van der Waals surface area contributed by atoms with Gasteiger partial charge in [-0.3, -0.25) is 4.79 Å². The topological polar surface area (TPSA) is 17.1 Å². The highest BCUT2D eigenvalue weighted by Gasteiger charge is 2.07. The fraction of sp³-hybridized carbons (Fsp3) is 0.125. The van der Waals surface area contributed by atoms with E-state index in [4.69, 9.17) is 0 Å². The SMILES string of the molecule is C=C(C)C(=O)c1ccc(Br)s1. The summed E-state index contributed by atoms with van der Waals surface area (Å²) in [6, 6.07) is 3.66. The molecule has 0 spiro atoms. The molecule has 0 radical (unpaired) electrons. The van der Waals surface area contributed by atoms with E-state index in [9.17, 15) is 4.79 Å². The van der Waals surface area contributed by atoms with Crippen molar-refractivity contribution in [1.29, 1.82) is 0 Å². The summed E-state index contributed by atoms with van der Waals surface area (Å²) >= 11 is 4.72. The number of carbonyl (C=O) groups excluding carboxylic acids is 1. The van der Waals surface area contributed by atoms with Crippen LogP contribution in [0.3, 0.4) is 0 Å². The van der Waals surface area contributed by atoms with Gasteiger partial charge in [0.1, 0.15) is 0 Å². The van der Waals surface area contributed by atoms with E-state index in [1.54, 1.807) is 13.0 Å². The third kappa shape index (κ3) is 2.01. The molecular weight excluding hydrogens is 224 g/mol. The molecule has 0 N–H and O–H groups in total. The second kappa shape index (κ2) is 3.32. The van der Waals surface area contributed by atoms with E-state index in [0.717, 1.165) is 8.66 Å². The average molecular weight is 231 g/mol. The summed E-state index contributed by atoms with van der Waals surface area (Å²) in [7, 11) is 0. The fourth-order valence-corrected chi connectivity index (χ4v) is 2.05. The Morgan fingerprint density at radius 1 is 1.64 bits per heavy atom. The van der Waals surface area contributed by atoms with Gasteiger partial charge in [0.2, 0.25) is 0 Å². The molecule has 3 heteroatoms. The van der Waals surface area contributed by atoms with Crippen molar-refractivity contribution in [3.63, 3.8) is 0 Å². The zero-order valence-corrected chi connectivity index (χ0v) is 8.46. The van der Waals surface area contributed by atoms with E-state index >= 15 is 0 Å². The van der Waals surface area contributed by atoms with Crippen molar-refractivity contribution in [1.82, 2.24) is 0 Å². The summed E-state index contributed by atoms with van der Waals surface area (Å²) < 4.78 is 0.974. The zero-order chi connectivity index (χ0) is 8.43. The molecule has 0 aliphatic carbocycles. The van der Waals surface area contributed by atoms with E-state index in [2.05, 4.69) is 22.5 Å². The van der Waals surface area contributed by atoms with Gasteiger partial charge in [0.05, 0.1) is 8.66 Å². The Kier molecular flexibility index (Phi) is 2.62. The van der Waals surface area contributed by atoms with Crippen LogP contribution in [0.4, 0.5) is 0 Å². The van der Waals surface area contributed by atoms with Crippen LogP contribution in [-0.4, -0.2) is 5.78 Å². The molecule has 11 heavy (non-hydrogen) atoms. The van der Waals surface area contributed by atoms with Gasteiger partial charge >= 0.3 is 0 Å². The Labute approximate surface area is 77.9 Å². The zero-order valence-electron chi connectivity index (χ0n) is 6.06. The lowest BCUT2D eigenvalue weighted by Gasteiger charge is -1.91. The number of ketones is 1. The minimum Gasteiger partial charge on any atom is -0.288 e. The monoisotopic (exact) mass is 230 g/mol. The van der Waals surface area contributed by atoms with Crippen LogP contribution in [0.25, 0.3) is 0 Å². The molecule has 0 saturated carbocycles. The largest absolute Gasteiger partial charge is 0.288 e. The smallest absolute Gasteiger partial charge is 0.198 e. The summed E-state index contributed by atoms with van der Waals surface area (Å²) in [5.41, 5.74) is 0.583. The molecule has 1 aromatic rings. The number of hydrogen-bond acceptors (Lipinski definition) is 2. The summed E-state index contributed by atoms with van der Waals surface area (Å²) in [6.45, 7) is 5.30. The molecule has 0 bridgehead atoms. The molecule has 0 atom stereocenters. The molecule has 1 heterocycles. The molecule has 0 fully saturated rings. The second-order valence-electron chi connectivity index (χ2n) is 2.21. The van der Waals surface area contributed by atoms with Gasteiger partial charge in [-0.15, -0.1) is 11.3 Å². The number of carbonyl (C=O) groups is 1. The summed E-state index contributed by atoms with van der Waals surface area (Å²) in [4.78, 5) is 12.0. The van der Waals surface area contributed by atoms with Crippen molar-refractivity contribution in [2.45, 2.75) is 6.92 Å². The van der Waals surface area contributed by atoms with Crippen molar-refractivity contribution in [2.75, 3.05) is 0 Å². The lowest BCUT2D eigenvalue weighted by Crippen LogP contribution is -1.94. The highest BCUT2D eigenvalue weighted by Crippen LogP contribution is 2.23. The number of halogens is 1. The maximum absolute atomic E-state index is 11.2. The molecule has 0 unspecified atom stereocenters. The van der Waals surface area contributed by atoms with Crippen LogP contribution in [0, 0.1) is 0 Å². The Balaban J connectivity index is 2.94. The number of allylic oxidation sites excluding steroid dienone is 1. The van der Waals surface area contributed by atoms with Crippen molar-refractivity contribution in [2.24, 2.45) is 0 Å². The van der Waals surface area contributed by atoms with Gasteiger partial charge in [0.15, 0.2) is 5.78 Å². The molecular formula is C8H7BrOS. The normalized spacial score (nSPS) is 9.64. The van der Waals surface area contributed by atoms with Crippen molar-refractivity contribution in [3.05, 3.63) is 32.9 Å². The molecule has 1 aromatic heterocycles.